The number of halogens is 1. The fraction of sp³-hybridized carbons (Fsp3) is 0.231. The maximum Gasteiger partial charge on any atom is 0.254 e. The minimum absolute atomic E-state index is 0.0548. The summed E-state index contributed by atoms with van der Waals surface area (Å²) in [5.41, 5.74) is 2.62. The molecule has 1 aromatic heterocycles. The third-order valence-corrected chi connectivity index (χ3v) is 4.13. The van der Waals surface area contributed by atoms with E-state index in [9.17, 15) is 4.79 Å². The number of hydrogen-bond acceptors (Lipinski definition) is 3. The lowest BCUT2D eigenvalue weighted by atomic mass is 10.2. The average molecular weight is 325 g/mol. The summed E-state index contributed by atoms with van der Waals surface area (Å²) in [6.45, 7) is 3.64. The Morgan fingerprint density at radius 2 is 1.94 bits per heavy atom. The number of rotatable bonds is 3. The molecule has 1 N–H and O–H groups in total. The minimum atomic E-state index is -0.0548. The first-order chi connectivity index (χ1) is 8.56. The Labute approximate surface area is 118 Å². The van der Waals surface area contributed by atoms with E-state index < -0.39 is 0 Å². The fourth-order valence-corrected chi connectivity index (χ4v) is 2.55. The quantitative estimate of drug-likeness (QED) is 0.694. The van der Waals surface area contributed by atoms with Crippen molar-refractivity contribution in [3.8, 4) is 0 Å². The number of H-pyrrole nitrogens is 1. The summed E-state index contributed by atoms with van der Waals surface area (Å²) >= 11 is 4.94. The van der Waals surface area contributed by atoms with Gasteiger partial charge in [-0.1, -0.05) is 39.8 Å². The minimum Gasteiger partial charge on any atom is -0.301 e. The van der Waals surface area contributed by atoms with E-state index >= 15 is 0 Å². The number of nitrogens with one attached hydrogen (secondary N) is 1. The predicted octanol–water partition coefficient (Wildman–Crippen LogP) is 3.44. The zero-order valence-corrected chi connectivity index (χ0v) is 12.6. The number of thioether (sulfide) groups is 1. The monoisotopic (exact) mass is 324 g/mol. The van der Waals surface area contributed by atoms with Gasteiger partial charge >= 0.3 is 0 Å². The van der Waals surface area contributed by atoms with Gasteiger partial charge in [-0.15, -0.1) is 0 Å². The van der Waals surface area contributed by atoms with E-state index in [-0.39, 0.29) is 5.56 Å². The normalized spacial score (nSPS) is 10.6. The van der Waals surface area contributed by atoms with Crippen LogP contribution in [-0.2, 0) is 5.75 Å². The molecule has 1 heterocycles. The summed E-state index contributed by atoms with van der Waals surface area (Å²) in [6, 6.07) is 8.12. The van der Waals surface area contributed by atoms with E-state index in [2.05, 4.69) is 38.0 Å². The van der Waals surface area contributed by atoms with Gasteiger partial charge in [0.05, 0.1) is 0 Å². The van der Waals surface area contributed by atoms with Gasteiger partial charge < -0.3 is 4.98 Å². The Morgan fingerprint density at radius 1 is 1.28 bits per heavy atom. The average Bonchev–Trinajstić information content (AvgIpc) is 2.35. The lowest BCUT2D eigenvalue weighted by Crippen LogP contribution is -2.13. The summed E-state index contributed by atoms with van der Waals surface area (Å²) in [5.74, 6) is 0.790. The molecular weight excluding hydrogens is 312 g/mol. The molecule has 2 aromatic rings. The van der Waals surface area contributed by atoms with Crippen molar-refractivity contribution >= 4 is 27.7 Å². The summed E-state index contributed by atoms with van der Waals surface area (Å²) < 4.78 is 1.06. The van der Waals surface area contributed by atoms with Crippen LogP contribution in [0.2, 0.25) is 0 Å². The molecule has 0 aliphatic heterocycles. The molecule has 0 aliphatic rings. The van der Waals surface area contributed by atoms with E-state index in [1.54, 1.807) is 6.92 Å². The van der Waals surface area contributed by atoms with Gasteiger partial charge in [0.25, 0.3) is 5.56 Å². The van der Waals surface area contributed by atoms with Gasteiger partial charge in [-0.25, -0.2) is 4.98 Å². The van der Waals surface area contributed by atoms with Gasteiger partial charge in [0.1, 0.15) is 0 Å². The van der Waals surface area contributed by atoms with Crippen LogP contribution in [0.15, 0.2) is 38.7 Å². The lowest BCUT2D eigenvalue weighted by molar-refractivity contribution is 0.883. The second-order valence-corrected chi connectivity index (χ2v) is 5.88. The van der Waals surface area contributed by atoms with Gasteiger partial charge in [0, 0.05) is 21.5 Å². The number of aromatic nitrogens is 2. The van der Waals surface area contributed by atoms with Crippen LogP contribution < -0.4 is 5.56 Å². The van der Waals surface area contributed by atoms with Gasteiger partial charge in [-0.3, -0.25) is 4.79 Å². The standard InChI is InChI=1S/C13H13BrN2OS/c1-8-9(2)15-13(16-12(8)17)18-7-10-3-5-11(14)6-4-10/h3-6H,7H2,1-2H3,(H,15,16,17). The highest BCUT2D eigenvalue weighted by atomic mass is 79.9. The van der Waals surface area contributed by atoms with E-state index in [0.29, 0.717) is 10.7 Å². The zero-order valence-electron chi connectivity index (χ0n) is 10.2. The highest BCUT2D eigenvalue weighted by molar-refractivity contribution is 9.10. The highest BCUT2D eigenvalue weighted by Crippen LogP contribution is 2.20. The van der Waals surface area contributed by atoms with Crippen LogP contribution in [0.5, 0.6) is 0 Å². The predicted molar refractivity (Wildman–Crippen MR) is 78.0 cm³/mol. The first-order valence-electron chi connectivity index (χ1n) is 5.51. The molecule has 0 aliphatic carbocycles. The molecule has 0 fully saturated rings. The molecule has 2 rings (SSSR count). The van der Waals surface area contributed by atoms with E-state index in [4.69, 9.17) is 0 Å². The topological polar surface area (TPSA) is 45.8 Å². The van der Waals surface area contributed by atoms with Crippen LogP contribution in [0, 0.1) is 13.8 Å². The molecule has 0 atom stereocenters. The molecule has 0 radical (unpaired) electrons. The van der Waals surface area contributed by atoms with E-state index in [1.165, 1.54) is 17.3 Å². The van der Waals surface area contributed by atoms with Crippen LogP contribution in [0.25, 0.3) is 0 Å². The third kappa shape index (κ3) is 3.23. The molecule has 0 saturated heterocycles. The summed E-state index contributed by atoms with van der Waals surface area (Å²) in [5, 5.41) is 0.672. The Balaban J connectivity index is 2.11. The van der Waals surface area contributed by atoms with Crippen LogP contribution in [0.4, 0.5) is 0 Å². The lowest BCUT2D eigenvalue weighted by Gasteiger charge is -2.04. The van der Waals surface area contributed by atoms with Crippen molar-refractivity contribution in [2.45, 2.75) is 24.8 Å². The summed E-state index contributed by atoms with van der Waals surface area (Å²) in [4.78, 5) is 18.8. The number of aromatic amines is 1. The third-order valence-electron chi connectivity index (χ3n) is 2.66. The van der Waals surface area contributed by atoms with Crippen molar-refractivity contribution in [3.05, 3.63) is 55.9 Å². The van der Waals surface area contributed by atoms with Gasteiger partial charge in [0.2, 0.25) is 0 Å². The Morgan fingerprint density at radius 3 is 2.56 bits per heavy atom. The second-order valence-electron chi connectivity index (χ2n) is 4.00. The van der Waals surface area contributed by atoms with Crippen molar-refractivity contribution in [3.63, 3.8) is 0 Å². The van der Waals surface area contributed by atoms with Crippen LogP contribution in [0.1, 0.15) is 16.8 Å². The maximum absolute atomic E-state index is 11.6. The number of nitrogens with zero attached hydrogens (tertiary/aromatic N) is 1. The summed E-state index contributed by atoms with van der Waals surface area (Å²) in [7, 11) is 0. The molecule has 0 bridgehead atoms. The highest BCUT2D eigenvalue weighted by Gasteiger charge is 2.04. The number of benzene rings is 1. The smallest absolute Gasteiger partial charge is 0.254 e. The fourth-order valence-electron chi connectivity index (χ4n) is 1.42. The molecule has 0 unspecified atom stereocenters. The Hall–Kier alpha value is -1.07. The SMILES string of the molecule is Cc1nc(SCc2ccc(Br)cc2)[nH]c(=O)c1C. The van der Waals surface area contributed by atoms with E-state index in [1.807, 2.05) is 19.1 Å². The Kier molecular flexibility index (Phi) is 4.24. The van der Waals surface area contributed by atoms with Gasteiger partial charge in [-0.05, 0) is 31.5 Å². The molecule has 94 valence electrons. The van der Waals surface area contributed by atoms with Crippen LogP contribution in [0.3, 0.4) is 0 Å². The number of hydrogen-bond donors (Lipinski definition) is 1. The van der Waals surface area contributed by atoms with Crippen LogP contribution in [-0.4, -0.2) is 9.97 Å². The molecule has 5 heteroatoms. The molecule has 3 nitrogen and oxygen atoms in total. The maximum atomic E-state index is 11.6. The van der Waals surface area contributed by atoms with Crippen molar-refractivity contribution < 1.29 is 0 Å². The first kappa shape index (κ1) is 13.4. The molecule has 0 saturated carbocycles. The van der Waals surface area contributed by atoms with Gasteiger partial charge in [0.15, 0.2) is 5.16 Å². The van der Waals surface area contributed by atoms with Crippen molar-refractivity contribution in [2.75, 3.05) is 0 Å². The summed E-state index contributed by atoms with van der Waals surface area (Å²) in [6.07, 6.45) is 0. The number of aryl methyl sites for hydroxylation is 1. The molecule has 1 aromatic carbocycles. The molecule has 0 amide bonds. The zero-order chi connectivity index (χ0) is 13.1. The second kappa shape index (κ2) is 5.71. The molecular formula is C13H13BrN2OS. The van der Waals surface area contributed by atoms with Crippen LogP contribution >= 0.6 is 27.7 Å². The van der Waals surface area contributed by atoms with Crippen molar-refractivity contribution in [1.29, 1.82) is 0 Å². The molecule has 18 heavy (non-hydrogen) atoms. The first-order valence-corrected chi connectivity index (χ1v) is 7.29. The van der Waals surface area contributed by atoms with Crippen molar-refractivity contribution in [1.82, 2.24) is 9.97 Å². The Bertz CT molecular complexity index is 607. The molecule has 0 spiro atoms. The largest absolute Gasteiger partial charge is 0.301 e. The van der Waals surface area contributed by atoms with Crippen molar-refractivity contribution in [2.24, 2.45) is 0 Å². The van der Waals surface area contributed by atoms with Gasteiger partial charge in [-0.2, -0.15) is 0 Å². The van der Waals surface area contributed by atoms with E-state index in [0.717, 1.165) is 15.9 Å².